The Morgan fingerprint density at radius 3 is 2.50 bits per heavy atom. The van der Waals surface area contributed by atoms with Gasteiger partial charge in [0, 0.05) is 11.9 Å². The Labute approximate surface area is 160 Å². The fourth-order valence-electron chi connectivity index (χ4n) is 2.27. The lowest BCUT2D eigenvalue weighted by molar-refractivity contribution is -0.137. The van der Waals surface area contributed by atoms with Gasteiger partial charge in [-0.15, -0.1) is 10.2 Å². The van der Waals surface area contributed by atoms with Crippen LogP contribution in [0.5, 0.6) is 0 Å². The molecule has 1 aromatic carbocycles. The van der Waals surface area contributed by atoms with E-state index in [1.807, 2.05) is 0 Å². The summed E-state index contributed by atoms with van der Waals surface area (Å²) in [6, 6.07) is 8.21. The number of hydrogen-bond acceptors (Lipinski definition) is 6. The number of methoxy groups -OCH3 is 1. The maximum absolute atomic E-state index is 12.9. The number of halogens is 3. The molecule has 0 fully saturated rings. The van der Waals surface area contributed by atoms with Gasteiger partial charge in [-0.1, -0.05) is 11.8 Å². The molecule has 0 radical (unpaired) electrons. The van der Waals surface area contributed by atoms with E-state index in [9.17, 15) is 22.8 Å². The highest BCUT2D eigenvalue weighted by molar-refractivity contribution is 7.99. The number of rotatable bonds is 5. The monoisotopic (exact) mass is 410 g/mol. The first-order chi connectivity index (χ1) is 13.3. The molecular formula is C17H13F3N4O3S. The van der Waals surface area contributed by atoms with Crippen molar-refractivity contribution in [2.75, 3.05) is 18.2 Å². The summed E-state index contributed by atoms with van der Waals surface area (Å²) in [7, 11) is 1.26. The molecule has 0 aliphatic heterocycles. The Morgan fingerprint density at radius 2 is 1.86 bits per heavy atom. The molecule has 0 atom stereocenters. The highest BCUT2D eigenvalue weighted by Crippen LogP contribution is 2.30. The number of esters is 1. The lowest BCUT2D eigenvalue weighted by atomic mass is 10.2. The summed E-state index contributed by atoms with van der Waals surface area (Å²) < 4.78 is 44.3. The zero-order chi connectivity index (χ0) is 20.3. The number of pyridine rings is 1. The van der Waals surface area contributed by atoms with E-state index in [4.69, 9.17) is 0 Å². The summed E-state index contributed by atoms with van der Waals surface area (Å²) >= 11 is 0.951. The first-order valence-electron chi connectivity index (χ1n) is 7.81. The van der Waals surface area contributed by atoms with E-state index >= 15 is 0 Å². The summed E-state index contributed by atoms with van der Waals surface area (Å²) in [5, 5.41) is 10.4. The zero-order valence-electron chi connectivity index (χ0n) is 14.4. The van der Waals surface area contributed by atoms with Crippen molar-refractivity contribution in [2.24, 2.45) is 0 Å². The first-order valence-corrected chi connectivity index (χ1v) is 8.79. The van der Waals surface area contributed by atoms with Crippen LogP contribution in [0.25, 0.3) is 5.65 Å². The molecule has 1 N–H and O–H groups in total. The van der Waals surface area contributed by atoms with Gasteiger partial charge in [-0.25, -0.2) is 4.79 Å². The van der Waals surface area contributed by atoms with Crippen LogP contribution in [0.2, 0.25) is 0 Å². The van der Waals surface area contributed by atoms with Crippen molar-refractivity contribution >= 4 is 35.0 Å². The predicted molar refractivity (Wildman–Crippen MR) is 95.1 cm³/mol. The summed E-state index contributed by atoms with van der Waals surface area (Å²) in [4.78, 5) is 23.5. The van der Waals surface area contributed by atoms with Crippen molar-refractivity contribution < 1.29 is 27.5 Å². The Bertz CT molecular complexity index is 1020. The van der Waals surface area contributed by atoms with Gasteiger partial charge in [-0.3, -0.25) is 9.20 Å². The fourth-order valence-corrected chi connectivity index (χ4v) is 2.99. The van der Waals surface area contributed by atoms with Gasteiger partial charge in [0.1, 0.15) is 0 Å². The lowest BCUT2D eigenvalue weighted by Gasteiger charge is -2.08. The Balaban J connectivity index is 1.65. The van der Waals surface area contributed by atoms with Crippen LogP contribution in [0, 0.1) is 0 Å². The number of thioether (sulfide) groups is 1. The van der Waals surface area contributed by atoms with Crippen molar-refractivity contribution in [3.63, 3.8) is 0 Å². The van der Waals surface area contributed by atoms with Crippen LogP contribution in [0.3, 0.4) is 0 Å². The van der Waals surface area contributed by atoms with Gasteiger partial charge >= 0.3 is 12.1 Å². The van der Waals surface area contributed by atoms with Gasteiger partial charge in [0.05, 0.1) is 24.0 Å². The van der Waals surface area contributed by atoms with E-state index in [2.05, 4.69) is 20.3 Å². The van der Waals surface area contributed by atoms with Gasteiger partial charge in [0.25, 0.3) is 0 Å². The van der Waals surface area contributed by atoms with E-state index in [-0.39, 0.29) is 22.5 Å². The number of alkyl halides is 3. The lowest BCUT2D eigenvalue weighted by Crippen LogP contribution is -2.14. The number of benzene rings is 1. The Kier molecular flexibility index (Phi) is 5.54. The molecule has 1 amide bonds. The number of fused-ring (bicyclic) bond motifs is 1. The molecule has 28 heavy (non-hydrogen) atoms. The Morgan fingerprint density at radius 1 is 1.14 bits per heavy atom. The summed E-state index contributed by atoms with van der Waals surface area (Å²) in [6.45, 7) is 0. The van der Waals surface area contributed by atoms with Crippen LogP contribution in [-0.4, -0.2) is 39.3 Å². The Hall–Kier alpha value is -3.08. The fraction of sp³-hybridized carbons (Fsp3) is 0.176. The van der Waals surface area contributed by atoms with Crippen molar-refractivity contribution in [1.29, 1.82) is 0 Å². The van der Waals surface area contributed by atoms with Crippen LogP contribution < -0.4 is 5.32 Å². The average Bonchev–Trinajstić information content (AvgIpc) is 3.08. The number of ether oxygens (including phenoxy) is 1. The molecule has 3 rings (SSSR count). The van der Waals surface area contributed by atoms with Gasteiger partial charge < -0.3 is 10.1 Å². The van der Waals surface area contributed by atoms with Crippen molar-refractivity contribution in [1.82, 2.24) is 14.6 Å². The zero-order valence-corrected chi connectivity index (χ0v) is 15.2. The van der Waals surface area contributed by atoms with Gasteiger partial charge in [-0.2, -0.15) is 13.2 Å². The van der Waals surface area contributed by atoms with E-state index in [1.165, 1.54) is 41.8 Å². The van der Waals surface area contributed by atoms with Gasteiger partial charge in [0.2, 0.25) is 5.91 Å². The van der Waals surface area contributed by atoms with E-state index in [0.717, 1.165) is 24.0 Å². The second-order valence-electron chi connectivity index (χ2n) is 5.53. The predicted octanol–water partition coefficient (Wildman–Crippen LogP) is 3.27. The minimum absolute atomic E-state index is 0.0875. The number of aromatic nitrogens is 3. The molecule has 7 nitrogen and oxygen atoms in total. The smallest absolute Gasteiger partial charge is 0.417 e. The highest BCUT2D eigenvalue weighted by Gasteiger charge is 2.31. The van der Waals surface area contributed by atoms with E-state index < -0.39 is 17.7 Å². The molecule has 0 spiro atoms. The third-order valence-corrected chi connectivity index (χ3v) is 4.56. The van der Waals surface area contributed by atoms with Crippen LogP contribution in [0.1, 0.15) is 15.9 Å². The normalized spacial score (nSPS) is 11.4. The minimum Gasteiger partial charge on any atom is -0.465 e. The van der Waals surface area contributed by atoms with Crippen molar-refractivity contribution in [3.05, 3.63) is 53.7 Å². The number of nitrogens with one attached hydrogen (secondary N) is 1. The van der Waals surface area contributed by atoms with Crippen LogP contribution in [0.15, 0.2) is 47.8 Å². The summed E-state index contributed by atoms with van der Waals surface area (Å²) in [5.74, 6) is -0.972. The largest absolute Gasteiger partial charge is 0.465 e. The molecule has 0 bridgehead atoms. The number of nitrogens with zero attached hydrogens (tertiary/aromatic N) is 3. The molecule has 0 saturated heterocycles. The third-order valence-electron chi connectivity index (χ3n) is 3.62. The van der Waals surface area contributed by atoms with Crippen molar-refractivity contribution in [3.8, 4) is 0 Å². The molecule has 3 aromatic rings. The molecule has 0 unspecified atom stereocenters. The van der Waals surface area contributed by atoms with Crippen LogP contribution in [-0.2, 0) is 15.7 Å². The second kappa shape index (κ2) is 7.89. The van der Waals surface area contributed by atoms with E-state index in [1.54, 1.807) is 0 Å². The molecule has 0 aliphatic rings. The maximum Gasteiger partial charge on any atom is 0.417 e. The topological polar surface area (TPSA) is 85.6 Å². The maximum atomic E-state index is 12.9. The number of amides is 1. The standard InChI is InChI=1S/C17H13F3N4O3S/c1-27-15(26)10-2-5-12(6-3-10)21-14(25)9-28-16-23-22-13-7-4-11(8-24(13)16)17(18,19)20/h2-8H,9H2,1H3,(H,21,25). The van der Waals surface area contributed by atoms with Crippen molar-refractivity contribution in [2.45, 2.75) is 11.3 Å². The number of anilines is 1. The highest BCUT2D eigenvalue weighted by atomic mass is 32.2. The molecule has 2 heterocycles. The summed E-state index contributed by atoms with van der Waals surface area (Å²) in [6.07, 6.45) is -3.60. The first kappa shape index (κ1) is 19.7. The SMILES string of the molecule is COC(=O)c1ccc(NC(=O)CSc2nnc3ccc(C(F)(F)F)cn23)cc1. The van der Waals surface area contributed by atoms with E-state index in [0.29, 0.717) is 11.3 Å². The van der Waals surface area contributed by atoms with Crippen LogP contribution >= 0.6 is 11.8 Å². The van der Waals surface area contributed by atoms with Gasteiger partial charge in [-0.05, 0) is 36.4 Å². The van der Waals surface area contributed by atoms with Gasteiger partial charge in [0.15, 0.2) is 10.8 Å². The van der Waals surface area contributed by atoms with Crippen LogP contribution in [0.4, 0.5) is 18.9 Å². The quantitative estimate of drug-likeness (QED) is 0.513. The number of carbonyl (C=O) groups excluding carboxylic acids is 2. The minimum atomic E-state index is -4.49. The summed E-state index contributed by atoms with van der Waals surface area (Å²) in [5.41, 5.74) is 0.208. The average molecular weight is 410 g/mol. The molecule has 0 saturated carbocycles. The molecular weight excluding hydrogens is 397 g/mol. The third kappa shape index (κ3) is 4.42. The molecule has 11 heteroatoms. The second-order valence-corrected chi connectivity index (χ2v) is 6.47. The molecule has 0 aliphatic carbocycles. The molecule has 146 valence electrons. The molecule has 2 aromatic heterocycles. The number of carbonyl (C=O) groups is 2. The number of hydrogen-bond donors (Lipinski definition) is 1.